The molecule has 0 saturated carbocycles. The van der Waals surface area contributed by atoms with Gasteiger partial charge in [0.1, 0.15) is 11.8 Å². The number of aryl methyl sites for hydroxylation is 1. The SMILES string of the molecule is Cc1ccc(C=O)cc1Nc1nc(-c2ccc(Cl)cc2)nc2cc[nH]c12. The normalized spacial score (nSPS) is 10.8. The second kappa shape index (κ2) is 6.61. The van der Waals surface area contributed by atoms with Crippen molar-refractivity contribution in [3.05, 3.63) is 70.9 Å². The Morgan fingerprint density at radius 1 is 1.08 bits per heavy atom. The smallest absolute Gasteiger partial charge is 0.162 e. The summed E-state index contributed by atoms with van der Waals surface area (Å²) >= 11 is 5.97. The standard InChI is InChI=1S/C20H15ClN4O/c1-12-2-3-13(11-26)10-17(12)24-20-18-16(8-9-22-18)23-19(25-20)14-4-6-15(21)7-5-14/h2-11,22H,1H3,(H,23,24,25). The summed E-state index contributed by atoms with van der Waals surface area (Å²) < 4.78 is 0. The molecule has 2 aromatic heterocycles. The molecular weight excluding hydrogens is 348 g/mol. The van der Waals surface area contributed by atoms with E-state index < -0.39 is 0 Å². The second-order valence-electron chi connectivity index (χ2n) is 5.96. The number of rotatable bonds is 4. The van der Waals surface area contributed by atoms with Crippen molar-refractivity contribution in [2.24, 2.45) is 0 Å². The zero-order valence-corrected chi connectivity index (χ0v) is 14.7. The molecule has 6 heteroatoms. The van der Waals surface area contributed by atoms with Gasteiger partial charge in [-0.25, -0.2) is 9.97 Å². The predicted octanol–water partition coefficient (Wildman–Crippen LogP) is 5.14. The molecule has 128 valence electrons. The summed E-state index contributed by atoms with van der Waals surface area (Å²) in [7, 11) is 0. The van der Waals surface area contributed by atoms with Gasteiger partial charge >= 0.3 is 0 Å². The third-order valence-corrected chi connectivity index (χ3v) is 4.41. The molecular formula is C20H15ClN4O. The summed E-state index contributed by atoms with van der Waals surface area (Å²) in [6.45, 7) is 1.98. The van der Waals surface area contributed by atoms with Crippen molar-refractivity contribution in [2.45, 2.75) is 6.92 Å². The fourth-order valence-electron chi connectivity index (χ4n) is 2.74. The van der Waals surface area contributed by atoms with Crippen LogP contribution in [-0.4, -0.2) is 21.2 Å². The monoisotopic (exact) mass is 362 g/mol. The van der Waals surface area contributed by atoms with Gasteiger partial charge in [0, 0.05) is 28.0 Å². The molecule has 26 heavy (non-hydrogen) atoms. The van der Waals surface area contributed by atoms with E-state index in [1.807, 2.05) is 49.5 Å². The summed E-state index contributed by atoms with van der Waals surface area (Å²) in [6.07, 6.45) is 2.65. The molecule has 0 radical (unpaired) electrons. The number of aldehydes is 1. The molecule has 0 bridgehead atoms. The number of aromatic amines is 1. The summed E-state index contributed by atoms with van der Waals surface area (Å²) in [5.41, 5.74) is 4.93. The van der Waals surface area contributed by atoms with Crippen molar-refractivity contribution in [3.8, 4) is 11.4 Å². The Balaban J connectivity index is 1.83. The van der Waals surface area contributed by atoms with Crippen LogP contribution in [-0.2, 0) is 0 Å². The van der Waals surface area contributed by atoms with Gasteiger partial charge in [0.2, 0.25) is 0 Å². The minimum atomic E-state index is 0.598. The van der Waals surface area contributed by atoms with Crippen LogP contribution in [0.4, 0.5) is 11.5 Å². The van der Waals surface area contributed by atoms with Crippen molar-refractivity contribution in [3.63, 3.8) is 0 Å². The van der Waals surface area contributed by atoms with Crippen LogP contribution in [0.15, 0.2) is 54.7 Å². The Hall–Kier alpha value is -3.18. The van der Waals surface area contributed by atoms with E-state index in [1.54, 1.807) is 12.1 Å². The summed E-state index contributed by atoms with van der Waals surface area (Å²) in [6, 6.07) is 14.8. The summed E-state index contributed by atoms with van der Waals surface area (Å²) in [5.74, 6) is 1.25. The number of benzene rings is 2. The van der Waals surface area contributed by atoms with Crippen molar-refractivity contribution < 1.29 is 4.79 Å². The molecule has 4 rings (SSSR count). The van der Waals surface area contributed by atoms with Gasteiger partial charge in [-0.15, -0.1) is 0 Å². The van der Waals surface area contributed by atoms with Crippen LogP contribution in [0.2, 0.25) is 5.02 Å². The van der Waals surface area contributed by atoms with E-state index in [0.717, 1.165) is 34.1 Å². The maximum Gasteiger partial charge on any atom is 0.162 e. The van der Waals surface area contributed by atoms with Gasteiger partial charge < -0.3 is 10.3 Å². The fourth-order valence-corrected chi connectivity index (χ4v) is 2.86. The van der Waals surface area contributed by atoms with Gasteiger partial charge in [-0.2, -0.15) is 0 Å². The first-order chi connectivity index (χ1) is 12.6. The molecule has 2 aromatic carbocycles. The quantitative estimate of drug-likeness (QED) is 0.493. The second-order valence-corrected chi connectivity index (χ2v) is 6.39. The number of nitrogens with zero attached hydrogens (tertiary/aromatic N) is 2. The van der Waals surface area contributed by atoms with Gasteiger partial charge in [-0.1, -0.05) is 23.7 Å². The minimum Gasteiger partial charge on any atom is -0.357 e. The Kier molecular flexibility index (Phi) is 4.14. The number of carbonyl (C=O) groups excluding carboxylic acids is 1. The first-order valence-corrected chi connectivity index (χ1v) is 8.46. The number of aromatic nitrogens is 3. The highest BCUT2D eigenvalue weighted by Gasteiger charge is 2.12. The van der Waals surface area contributed by atoms with E-state index in [2.05, 4.69) is 20.3 Å². The highest BCUT2D eigenvalue weighted by Crippen LogP contribution is 2.28. The van der Waals surface area contributed by atoms with Crippen LogP contribution in [0, 0.1) is 6.92 Å². The van der Waals surface area contributed by atoms with Crippen LogP contribution in [0.25, 0.3) is 22.4 Å². The third-order valence-electron chi connectivity index (χ3n) is 4.16. The van der Waals surface area contributed by atoms with Crippen molar-refractivity contribution in [1.29, 1.82) is 0 Å². The lowest BCUT2D eigenvalue weighted by molar-refractivity contribution is 0.112. The Morgan fingerprint density at radius 3 is 2.65 bits per heavy atom. The van der Waals surface area contributed by atoms with Crippen molar-refractivity contribution in [1.82, 2.24) is 15.0 Å². The largest absolute Gasteiger partial charge is 0.357 e. The van der Waals surface area contributed by atoms with E-state index >= 15 is 0 Å². The molecule has 0 aliphatic heterocycles. The molecule has 2 N–H and O–H groups in total. The number of nitrogens with one attached hydrogen (secondary N) is 2. The number of halogens is 1. The topological polar surface area (TPSA) is 70.7 Å². The average Bonchev–Trinajstić information content (AvgIpc) is 3.13. The van der Waals surface area contributed by atoms with Crippen LogP contribution in [0.1, 0.15) is 15.9 Å². The maximum atomic E-state index is 11.1. The molecule has 0 fully saturated rings. The zero-order chi connectivity index (χ0) is 18.1. The van der Waals surface area contributed by atoms with Crippen molar-refractivity contribution >= 4 is 40.4 Å². The first kappa shape index (κ1) is 16.3. The Bertz CT molecular complexity index is 1100. The summed E-state index contributed by atoms with van der Waals surface area (Å²) in [5, 5.41) is 3.99. The van der Waals surface area contributed by atoms with E-state index in [4.69, 9.17) is 11.6 Å². The number of hydrogen-bond donors (Lipinski definition) is 2. The highest BCUT2D eigenvalue weighted by atomic mass is 35.5. The van der Waals surface area contributed by atoms with Gasteiger partial charge in [0.25, 0.3) is 0 Å². The van der Waals surface area contributed by atoms with E-state index in [9.17, 15) is 4.79 Å². The highest BCUT2D eigenvalue weighted by molar-refractivity contribution is 6.30. The average molecular weight is 363 g/mol. The van der Waals surface area contributed by atoms with Crippen LogP contribution in [0.5, 0.6) is 0 Å². The van der Waals surface area contributed by atoms with Crippen LogP contribution >= 0.6 is 11.6 Å². The van der Waals surface area contributed by atoms with Gasteiger partial charge in [-0.05, 0) is 48.9 Å². The van der Waals surface area contributed by atoms with Crippen LogP contribution in [0.3, 0.4) is 0 Å². The number of fused-ring (bicyclic) bond motifs is 1. The lowest BCUT2D eigenvalue weighted by atomic mass is 10.1. The Labute approximate surface area is 155 Å². The number of carbonyl (C=O) groups is 1. The number of anilines is 2. The molecule has 0 amide bonds. The molecule has 4 aromatic rings. The Morgan fingerprint density at radius 2 is 1.88 bits per heavy atom. The van der Waals surface area contributed by atoms with Gasteiger partial charge in [0.15, 0.2) is 11.6 Å². The lowest BCUT2D eigenvalue weighted by Crippen LogP contribution is -2.01. The molecule has 2 heterocycles. The number of H-pyrrole nitrogens is 1. The molecule has 0 aliphatic carbocycles. The first-order valence-electron chi connectivity index (χ1n) is 8.08. The molecule has 0 unspecified atom stereocenters. The molecule has 0 saturated heterocycles. The molecule has 5 nitrogen and oxygen atoms in total. The van der Waals surface area contributed by atoms with E-state index in [0.29, 0.717) is 22.2 Å². The number of hydrogen-bond acceptors (Lipinski definition) is 4. The molecule has 0 atom stereocenters. The summed E-state index contributed by atoms with van der Waals surface area (Å²) in [4.78, 5) is 23.5. The third kappa shape index (κ3) is 3.05. The minimum absolute atomic E-state index is 0.598. The fraction of sp³-hybridized carbons (Fsp3) is 0.0500. The molecule has 0 spiro atoms. The van der Waals surface area contributed by atoms with Gasteiger partial charge in [0.05, 0.1) is 5.52 Å². The van der Waals surface area contributed by atoms with Crippen molar-refractivity contribution in [2.75, 3.05) is 5.32 Å². The maximum absolute atomic E-state index is 11.1. The van der Waals surface area contributed by atoms with E-state index in [1.165, 1.54) is 0 Å². The lowest BCUT2D eigenvalue weighted by Gasteiger charge is -2.12. The van der Waals surface area contributed by atoms with Gasteiger partial charge in [-0.3, -0.25) is 4.79 Å². The van der Waals surface area contributed by atoms with Crippen LogP contribution < -0.4 is 5.32 Å². The predicted molar refractivity (Wildman–Crippen MR) is 104 cm³/mol. The van der Waals surface area contributed by atoms with E-state index in [-0.39, 0.29) is 0 Å². The zero-order valence-electron chi connectivity index (χ0n) is 14.0. The molecule has 0 aliphatic rings.